The lowest BCUT2D eigenvalue weighted by molar-refractivity contribution is 0.104. The van der Waals surface area contributed by atoms with E-state index in [-0.39, 0.29) is 23.3 Å². The van der Waals surface area contributed by atoms with Gasteiger partial charge in [-0.15, -0.1) is 0 Å². The molecule has 0 aliphatic rings. The molecule has 0 aliphatic carbocycles. The van der Waals surface area contributed by atoms with Crippen LogP contribution in [-0.2, 0) is 16.4 Å². The standard InChI is InChI=1S/C24H28N2O5S/c1-18(25-16-22(28)17-31-23-13-11-21(27)12-14-23)15-19-7-9-20(10-8-19)26-32(29,30)24-5-3-2-4-6-24/h2-14,18,22,25-28H,15-17H2,1H3. The first-order chi connectivity index (χ1) is 15.3. The van der Waals surface area contributed by atoms with Crippen molar-refractivity contribution in [2.24, 2.45) is 0 Å². The molecule has 0 bridgehead atoms. The minimum absolute atomic E-state index is 0.102. The lowest BCUT2D eigenvalue weighted by atomic mass is 10.1. The third-order valence-electron chi connectivity index (χ3n) is 4.78. The second-order valence-electron chi connectivity index (χ2n) is 7.59. The molecule has 8 heteroatoms. The van der Waals surface area contributed by atoms with Crippen LogP contribution in [0, 0.1) is 0 Å². The zero-order valence-corrected chi connectivity index (χ0v) is 18.6. The Bertz CT molecular complexity index is 1070. The molecule has 0 aliphatic heterocycles. The van der Waals surface area contributed by atoms with Crippen molar-refractivity contribution in [1.82, 2.24) is 5.32 Å². The number of benzene rings is 3. The molecule has 0 saturated heterocycles. The first kappa shape index (κ1) is 23.6. The predicted octanol–water partition coefficient (Wildman–Crippen LogP) is 3.15. The number of anilines is 1. The molecular weight excluding hydrogens is 428 g/mol. The number of hydrogen-bond donors (Lipinski definition) is 4. The van der Waals surface area contributed by atoms with E-state index in [0.29, 0.717) is 18.0 Å². The number of aliphatic hydroxyl groups is 1. The van der Waals surface area contributed by atoms with Gasteiger partial charge in [0.15, 0.2) is 0 Å². The van der Waals surface area contributed by atoms with Crippen molar-refractivity contribution in [3.05, 3.63) is 84.4 Å². The van der Waals surface area contributed by atoms with E-state index in [0.717, 1.165) is 12.0 Å². The number of hydrogen-bond acceptors (Lipinski definition) is 6. The Hall–Kier alpha value is -3.07. The normalized spacial score (nSPS) is 13.3. The number of phenols is 1. The van der Waals surface area contributed by atoms with Gasteiger partial charge in [0.1, 0.15) is 24.2 Å². The van der Waals surface area contributed by atoms with Gasteiger partial charge >= 0.3 is 0 Å². The van der Waals surface area contributed by atoms with Crippen LogP contribution in [0.1, 0.15) is 12.5 Å². The number of phenolic OH excluding ortho intramolecular Hbond substituents is 1. The highest BCUT2D eigenvalue weighted by atomic mass is 32.2. The van der Waals surface area contributed by atoms with Crippen molar-refractivity contribution in [3.8, 4) is 11.5 Å². The molecule has 7 nitrogen and oxygen atoms in total. The summed E-state index contributed by atoms with van der Waals surface area (Å²) < 4.78 is 32.9. The minimum atomic E-state index is -3.61. The summed E-state index contributed by atoms with van der Waals surface area (Å²) in [5, 5.41) is 22.7. The average Bonchev–Trinajstić information content (AvgIpc) is 2.79. The quantitative estimate of drug-likeness (QED) is 0.353. The lowest BCUT2D eigenvalue weighted by Gasteiger charge is -2.18. The van der Waals surface area contributed by atoms with E-state index in [2.05, 4.69) is 10.0 Å². The number of sulfonamides is 1. The van der Waals surface area contributed by atoms with E-state index in [1.54, 1.807) is 54.6 Å². The van der Waals surface area contributed by atoms with Gasteiger partial charge in [-0.1, -0.05) is 30.3 Å². The second-order valence-corrected chi connectivity index (χ2v) is 9.27. The predicted molar refractivity (Wildman–Crippen MR) is 124 cm³/mol. The second kappa shape index (κ2) is 11.0. The lowest BCUT2D eigenvalue weighted by Crippen LogP contribution is -2.37. The van der Waals surface area contributed by atoms with Crippen molar-refractivity contribution in [1.29, 1.82) is 0 Å². The van der Waals surface area contributed by atoms with Crippen molar-refractivity contribution in [2.45, 2.75) is 30.4 Å². The summed E-state index contributed by atoms with van der Waals surface area (Å²) in [4.78, 5) is 0.217. The third-order valence-corrected chi connectivity index (χ3v) is 6.18. The van der Waals surface area contributed by atoms with E-state index in [1.807, 2.05) is 19.1 Å². The van der Waals surface area contributed by atoms with Crippen LogP contribution in [0.15, 0.2) is 83.8 Å². The van der Waals surface area contributed by atoms with Crippen molar-refractivity contribution in [3.63, 3.8) is 0 Å². The molecule has 2 atom stereocenters. The molecule has 3 aromatic carbocycles. The summed E-state index contributed by atoms with van der Waals surface area (Å²) in [5.41, 5.74) is 1.54. The molecule has 4 N–H and O–H groups in total. The maximum absolute atomic E-state index is 12.4. The van der Waals surface area contributed by atoms with Crippen molar-refractivity contribution < 1.29 is 23.4 Å². The van der Waals surface area contributed by atoms with Gasteiger partial charge in [0.05, 0.1) is 4.90 Å². The van der Waals surface area contributed by atoms with E-state index in [9.17, 15) is 18.6 Å². The van der Waals surface area contributed by atoms with E-state index in [1.165, 1.54) is 12.1 Å². The maximum Gasteiger partial charge on any atom is 0.261 e. The minimum Gasteiger partial charge on any atom is -0.508 e. The van der Waals surface area contributed by atoms with E-state index >= 15 is 0 Å². The van der Waals surface area contributed by atoms with Crippen LogP contribution < -0.4 is 14.8 Å². The fourth-order valence-corrected chi connectivity index (χ4v) is 4.16. The van der Waals surface area contributed by atoms with Gasteiger partial charge in [-0.3, -0.25) is 4.72 Å². The summed E-state index contributed by atoms with van der Waals surface area (Å²) in [7, 11) is -3.61. The summed E-state index contributed by atoms with van der Waals surface area (Å²) in [6.07, 6.45) is 0.0399. The van der Waals surface area contributed by atoms with Gasteiger partial charge < -0.3 is 20.3 Å². The topological polar surface area (TPSA) is 108 Å². The zero-order chi connectivity index (χ0) is 23.0. The Labute approximate surface area is 188 Å². The van der Waals surface area contributed by atoms with Crippen LogP contribution in [0.4, 0.5) is 5.69 Å². The number of aliphatic hydroxyl groups excluding tert-OH is 1. The van der Waals surface area contributed by atoms with E-state index < -0.39 is 16.1 Å². The summed E-state index contributed by atoms with van der Waals surface area (Å²) in [6, 6.07) is 21.9. The van der Waals surface area contributed by atoms with E-state index in [4.69, 9.17) is 4.74 Å². The number of rotatable bonds is 11. The Morgan fingerprint density at radius 2 is 1.59 bits per heavy atom. The van der Waals surface area contributed by atoms with Crippen LogP contribution >= 0.6 is 0 Å². The average molecular weight is 457 g/mol. The Morgan fingerprint density at radius 3 is 2.25 bits per heavy atom. The fraction of sp³-hybridized carbons (Fsp3) is 0.250. The third kappa shape index (κ3) is 7.26. The molecule has 0 spiro atoms. The first-order valence-corrected chi connectivity index (χ1v) is 11.8. The van der Waals surface area contributed by atoms with Gasteiger partial charge in [0.2, 0.25) is 0 Å². The van der Waals surface area contributed by atoms with Gasteiger partial charge in [0, 0.05) is 18.3 Å². The first-order valence-electron chi connectivity index (χ1n) is 10.3. The van der Waals surface area contributed by atoms with Gasteiger partial charge in [0.25, 0.3) is 10.0 Å². The molecule has 0 fully saturated rings. The molecular formula is C24H28N2O5S. The largest absolute Gasteiger partial charge is 0.508 e. The van der Waals surface area contributed by atoms with Crippen LogP contribution in [0.25, 0.3) is 0 Å². The maximum atomic E-state index is 12.4. The smallest absolute Gasteiger partial charge is 0.261 e. The highest BCUT2D eigenvalue weighted by molar-refractivity contribution is 7.92. The molecule has 0 radical (unpaired) electrons. The summed E-state index contributed by atoms with van der Waals surface area (Å²) in [6.45, 7) is 2.52. The van der Waals surface area contributed by atoms with Gasteiger partial charge in [-0.05, 0) is 67.4 Å². The van der Waals surface area contributed by atoms with Crippen LogP contribution in [0.2, 0.25) is 0 Å². The van der Waals surface area contributed by atoms with Crippen LogP contribution in [0.3, 0.4) is 0 Å². The number of ether oxygens (including phenoxy) is 1. The number of nitrogens with one attached hydrogen (secondary N) is 2. The Balaban J connectivity index is 1.43. The fourth-order valence-electron chi connectivity index (χ4n) is 3.08. The molecule has 3 rings (SSSR count). The van der Waals surface area contributed by atoms with Crippen molar-refractivity contribution in [2.75, 3.05) is 17.9 Å². The molecule has 170 valence electrons. The zero-order valence-electron chi connectivity index (χ0n) is 17.8. The van der Waals surface area contributed by atoms with Crippen LogP contribution in [0.5, 0.6) is 11.5 Å². The molecule has 0 saturated carbocycles. The molecule has 32 heavy (non-hydrogen) atoms. The SMILES string of the molecule is CC(Cc1ccc(NS(=O)(=O)c2ccccc2)cc1)NCC(O)COc1ccc(O)cc1. The molecule has 0 heterocycles. The Kier molecular flexibility index (Phi) is 8.10. The molecule has 3 aromatic rings. The molecule has 0 aromatic heterocycles. The van der Waals surface area contributed by atoms with Gasteiger partial charge in [-0.2, -0.15) is 0 Å². The highest BCUT2D eigenvalue weighted by Gasteiger charge is 2.14. The van der Waals surface area contributed by atoms with Crippen LogP contribution in [-0.4, -0.2) is 43.9 Å². The summed E-state index contributed by atoms with van der Waals surface area (Å²) >= 11 is 0. The molecule has 2 unspecified atom stereocenters. The Morgan fingerprint density at radius 1 is 0.938 bits per heavy atom. The highest BCUT2D eigenvalue weighted by Crippen LogP contribution is 2.18. The van der Waals surface area contributed by atoms with Gasteiger partial charge in [-0.25, -0.2) is 8.42 Å². The molecule has 0 amide bonds. The van der Waals surface area contributed by atoms with Crippen molar-refractivity contribution >= 4 is 15.7 Å². The monoisotopic (exact) mass is 456 g/mol. The summed E-state index contributed by atoms with van der Waals surface area (Å²) in [5.74, 6) is 0.743. The number of aromatic hydroxyl groups is 1.